The van der Waals surface area contributed by atoms with Gasteiger partial charge in [-0.25, -0.2) is 0 Å². The van der Waals surface area contributed by atoms with Crippen LogP contribution in [0.25, 0.3) is 0 Å². The maximum atomic E-state index is 6.11. The summed E-state index contributed by atoms with van der Waals surface area (Å²) in [6.45, 7) is 5.23. The summed E-state index contributed by atoms with van der Waals surface area (Å²) < 4.78 is 6.11. The highest BCUT2D eigenvalue weighted by Crippen LogP contribution is 2.36. The predicted molar refractivity (Wildman–Crippen MR) is 65.2 cm³/mol. The van der Waals surface area contributed by atoms with Gasteiger partial charge in [-0.2, -0.15) is 0 Å². The Bertz CT molecular complexity index is 158. The molecule has 0 aliphatic heterocycles. The first-order valence-corrected chi connectivity index (χ1v) is 6.60. The van der Waals surface area contributed by atoms with E-state index in [0.717, 1.165) is 6.61 Å². The van der Waals surface area contributed by atoms with E-state index in [1.54, 1.807) is 0 Å². The van der Waals surface area contributed by atoms with E-state index >= 15 is 0 Å². The van der Waals surface area contributed by atoms with E-state index < -0.39 is 0 Å². The van der Waals surface area contributed by atoms with Crippen molar-refractivity contribution >= 4 is 0 Å². The second-order valence-electron chi connectivity index (χ2n) is 4.69. The van der Waals surface area contributed by atoms with Gasteiger partial charge in [-0.1, -0.05) is 32.6 Å². The van der Waals surface area contributed by atoms with Crippen molar-refractivity contribution in [2.75, 3.05) is 13.7 Å². The van der Waals surface area contributed by atoms with Crippen LogP contribution in [0.3, 0.4) is 0 Å². The van der Waals surface area contributed by atoms with Crippen molar-refractivity contribution in [1.29, 1.82) is 0 Å². The zero-order chi connectivity index (χ0) is 11.1. The SMILES string of the molecule is CCCC(NC)C1(OCC)CCCCC1. The molecular formula is C13H27NO. The van der Waals surface area contributed by atoms with Gasteiger partial charge < -0.3 is 10.1 Å². The fraction of sp³-hybridized carbons (Fsp3) is 1.00. The van der Waals surface area contributed by atoms with Crippen LogP contribution in [0.2, 0.25) is 0 Å². The summed E-state index contributed by atoms with van der Waals surface area (Å²) in [5.74, 6) is 0. The average Bonchev–Trinajstić information content (AvgIpc) is 2.27. The van der Waals surface area contributed by atoms with Crippen molar-refractivity contribution in [3.05, 3.63) is 0 Å². The molecule has 1 saturated carbocycles. The lowest BCUT2D eigenvalue weighted by atomic mass is 9.77. The van der Waals surface area contributed by atoms with Crippen LogP contribution < -0.4 is 5.32 Å². The van der Waals surface area contributed by atoms with Gasteiger partial charge in [0.1, 0.15) is 0 Å². The zero-order valence-corrected chi connectivity index (χ0v) is 10.6. The average molecular weight is 213 g/mol. The molecule has 1 unspecified atom stereocenters. The van der Waals surface area contributed by atoms with Crippen molar-refractivity contribution < 1.29 is 4.74 Å². The van der Waals surface area contributed by atoms with Crippen LogP contribution in [0.5, 0.6) is 0 Å². The van der Waals surface area contributed by atoms with Gasteiger partial charge in [0, 0.05) is 12.6 Å². The van der Waals surface area contributed by atoms with Crippen LogP contribution >= 0.6 is 0 Å². The number of hydrogen-bond acceptors (Lipinski definition) is 2. The standard InChI is InChI=1S/C13H27NO/c1-4-9-12(14-3)13(15-5-2)10-7-6-8-11-13/h12,14H,4-11H2,1-3H3. The normalized spacial score (nSPS) is 22.6. The quantitative estimate of drug-likeness (QED) is 0.732. The Hall–Kier alpha value is -0.0800. The Morgan fingerprint density at radius 1 is 1.20 bits per heavy atom. The molecule has 1 aliphatic carbocycles. The molecule has 0 radical (unpaired) electrons. The van der Waals surface area contributed by atoms with Gasteiger partial charge in [-0.3, -0.25) is 0 Å². The van der Waals surface area contributed by atoms with Gasteiger partial charge in [-0.05, 0) is 33.2 Å². The highest BCUT2D eigenvalue weighted by atomic mass is 16.5. The minimum Gasteiger partial charge on any atom is -0.374 e. The fourth-order valence-electron chi connectivity index (χ4n) is 2.99. The molecule has 0 aromatic carbocycles. The van der Waals surface area contributed by atoms with E-state index in [1.807, 2.05) is 0 Å². The molecule has 1 aliphatic rings. The minimum absolute atomic E-state index is 0.137. The second-order valence-corrected chi connectivity index (χ2v) is 4.69. The topological polar surface area (TPSA) is 21.3 Å². The molecule has 0 saturated heterocycles. The number of rotatable bonds is 6. The molecule has 90 valence electrons. The Labute approximate surface area is 94.8 Å². The Kier molecular flexibility index (Phi) is 5.62. The monoisotopic (exact) mass is 213 g/mol. The number of likely N-dealkylation sites (N-methyl/N-ethyl adjacent to an activating group) is 1. The largest absolute Gasteiger partial charge is 0.374 e. The van der Waals surface area contributed by atoms with Gasteiger partial charge >= 0.3 is 0 Å². The van der Waals surface area contributed by atoms with Crippen molar-refractivity contribution in [2.45, 2.75) is 70.4 Å². The van der Waals surface area contributed by atoms with Crippen LogP contribution in [0.4, 0.5) is 0 Å². The molecule has 2 heteroatoms. The van der Waals surface area contributed by atoms with Crippen molar-refractivity contribution in [3.63, 3.8) is 0 Å². The smallest absolute Gasteiger partial charge is 0.0834 e. The van der Waals surface area contributed by atoms with E-state index in [4.69, 9.17) is 4.74 Å². The van der Waals surface area contributed by atoms with Crippen LogP contribution in [-0.2, 0) is 4.74 Å². The van der Waals surface area contributed by atoms with E-state index in [0.29, 0.717) is 6.04 Å². The molecule has 0 aromatic rings. The van der Waals surface area contributed by atoms with Crippen LogP contribution in [0.1, 0.15) is 58.8 Å². The van der Waals surface area contributed by atoms with Crippen LogP contribution in [-0.4, -0.2) is 25.3 Å². The highest BCUT2D eigenvalue weighted by molar-refractivity contribution is 4.94. The summed E-state index contributed by atoms with van der Waals surface area (Å²) in [5, 5.41) is 3.47. The summed E-state index contributed by atoms with van der Waals surface area (Å²) in [6.07, 6.45) is 9.01. The summed E-state index contributed by atoms with van der Waals surface area (Å²) >= 11 is 0. The van der Waals surface area contributed by atoms with Gasteiger partial charge in [0.25, 0.3) is 0 Å². The van der Waals surface area contributed by atoms with Gasteiger partial charge in [-0.15, -0.1) is 0 Å². The molecule has 0 bridgehead atoms. The summed E-state index contributed by atoms with van der Waals surface area (Å²) in [4.78, 5) is 0. The first-order chi connectivity index (χ1) is 7.29. The molecule has 0 amide bonds. The lowest BCUT2D eigenvalue weighted by Crippen LogP contribution is -2.52. The molecule has 0 aromatic heterocycles. The fourth-order valence-corrected chi connectivity index (χ4v) is 2.99. The lowest BCUT2D eigenvalue weighted by molar-refractivity contribution is -0.0901. The molecule has 2 nitrogen and oxygen atoms in total. The van der Waals surface area contributed by atoms with Crippen LogP contribution in [0, 0.1) is 0 Å². The molecule has 1 fully saturated rings. The maximum Gasteiger partial charge on any atom is 0.0834 e. The molecule has 1 N–H and O–H groups in total. The first-order valence-electron chi connectivity index (χ1n) is 6.60. The lowest BCUT2D eigenvalue weighted by Gasteiger charge is -2.43. The predicted octanol–water partition coefficient (Wildman–Crippen LogP) is 3.11. The third-order valence-corrected chi connectivity index (χ3v) is 3.69. The van der Waals surface area contributed by atoms with E-state index in [1.165, 1.54) is 44.9 Å². The molecule has 15 heavy (non-hydrogen) atoms. The van der Waals surface area contributed by atoms with Gasteiger partial charge in [0.05, 0.1) is 5.60 Å². The second kappa shape index (κ2) is 6.49. The number of ether oxygens (including phenoxy) is 1. The Balaban J connectivity index is 2.67. The Morgan fingerprint density at radius 2 is 1.87 bits per heavy atom. The third-order valence-electron chi connectivity index (χ3n) is 3.69. The molecule has 0 heterocycles. The molecule has 0 spiro atoms. The van der Waals surface area contributed by atoms with Crippen molar-refractivity contribution in [2.24, 2.45) is 0 Å². The third kappa shape index (κ3) is 3.18. The van der Waals surface area contributed by atoms with E-state index in [9.17, 15) is 0 Å². The minimum atomic E-state index is 0.137. The highest BCUT2D eigenvalue weighted by Gasteiger charge is 2.39. The Morgan fingerprint density at radius 3 is 2.33 bits per heavy atom. The van der Waals surface area contributed by atoms with Gasteiger partial charge in [0.15, 0.2) is 0 Å². The van der Waals surface area contributed by atoms with E-state index in [-0.39, 0.29) is 5.60 Å². The first kappa shape index (κ1) is 13.0. The van der Waals surface area contributed by atoms with Crippen LogP contribution in [0.15, 0.2) is 0 Å². The zero-order valence-electron chi connectivity index (χ0n) is 10.6. The molecule has 1 atom stereocenters. The molecular weight excluding hydrogens is 186 g/mol. The summed E-state index contributed by atoms with van der Waals surface area (Å²) in [7, 11) is 2.08. The van der Waals surface area contributed by atoms with E-state index in [2.05, 4.69) is 26.2 Å². The maximum absolute atomic E-state index is 6.11. The summed E-state index contributed by atoms with van der Waals surface area (Å²) in [6, 6.07) is 0.544. The van der Waals surface area contributed by atoms with Crippen molar-refractivity contribution in [3.8, 4) is 0 Å². The summed E-state index contributed by atoms with van der Waals surface area (Å²) in [5.41, 5.74) is 0.137. The number of nitrogens with one attached hydrogen (secondary N) is 1. The number of hydrogen-bond donors (Lipinski definition) is 1. The molecule has 1 rings (SSSR count). The van der Waals surface area contributed by atoms with Gasteiger partial charge in [0.2, 0.25) is 0 Å². The van der Waals surface area contributed by atoms with Crippen molar-refractivity contribution in [1.82, 2.24) is 5.32 Å².